The van der Waals surface area contributed by atoms with Gasteiger partial charge in [0, 0.05) is 35.6 Å². The third-order valence-electron chi connectivity index (χ3n) is 7.53. The van der Waals surface area contributed by atoms with Crippen LogP contribution in [0.4, 0.5) is 0 Å². The number of esters is 1. The second kappa shape index (κ2) is 10.3. The highest BCUT2D eigenvalue weighted by Crippen LogP contribution is 2.35. The zero-order valence-electron chi connectivity index (χ0n) is 21.7. The Hall–Kier alpha value is -3.41. The number of carbonyl (C=O) groups excluding carboxylic acids is 1. The molecule has 4 aromatic rings. The van der Waals surface area contributed by atoms with Crippen LogP contribution in [-0.2, 0) is 11.3 Å². The summed E-state index contributed by atoms with van der Waals surface area (Å²) in [7, 11) is 0. The molecule has 188 valence electrons. The second-order valence-corrected chi connectivity index (χ2v) is 10.2. The number of benzene rings is 1. The minimum Gasteiger partial charge on any atom is -0.459 e. The van der Waals surface area contributed by atoms with Gasteiger partial charge in [-0.2, -0.15) is 0 Å². The first-order valence-electron chi connectivity index (χ1n) is 13.2. The van der Waals surface area contributed by atoms with Crippen LogP contribution in [0.25, 0.3) is 33.3 Å². The van der Waals surface area contributed by atoms with Crippen LogP contribution in [0.3, 0.4) is 0 Å². The van der Waals surface area contributed by atoms with Crippen LogP contribution in [-0.4, -0.2) is 26.8 Å². The smallest absolute Gasteiger partial charge is 0.338 e. The monoisotopic (exact) mass is 485 g/mol. The minimum atomic E-state index is -0.280. The lowest BCUT2D eigenvalue weighted by Crippen LogP contribution is -2.13. The number of rotatable bonds is 7. The van der Waals surface area contributed by atoms with E-state index in [9.17, 15) is 4.79 Å². The average Bonchev–Trinajstić information content (AvgIpc) is 3.43. The summed E-state index contributed by atoms with van der Waals surface area (Å²) < 4.78 is 13.3. The zero-order valence-corrected chi connectivity index (χ0v) is 21.7. The number of hydrogen-bond donors (Lipinski definition) is 0. The van der Waals surface area contributed by atoms with Crippen molar-refractivity contribution in [3.63, 3.8) is 0 Å². The SMILES string of the molecule is CCC(C)OC(=O)c1ccc(-c2cn(CC3CCCCC3)c3cc(-c4c(C)noc4C)cnc23)cc1. The third-order valence-corrected chi connectivity index (χ3v) is 7.53. The van der Waals surface area contributed by atoms with E-state index in [2.05, 4.69) is 22.0 Å². The predicted octanol–water partition coefficient (Wildman–Crippen LogP) is 7.51. The van der Waals surface area contributed by atoms with Crippen LogP contribution in [0, 0.1) is 19.8 Å². The van der Waals surface area contributed by atoms with E-state index in [1.165, 1.54) is 32.1 Å². The Morgan fingerprint density at radius 2 is 1.89 bits per heavy atom. The molecule has 1 aliphatic rings. The van der Waals surface area contributed by atoms with Crippen molar-refractivity contribution >= 4 is 17.0 Å². The minimum absolute atomic E-state index is 0.0916. The molecule has 6 heteroatoms. The first-order chi connectivity index (χ1) is 17.4. The van der Waals surface area contributed by atoms with Crippen LogP contribution in [0.2, 0.25) is 0 Å². The molecule has 0 radical (unpaired) electrons. The molecule has 0 spiro atoms. The Morgan fingerprint density at radius 1 is 1.14 bits per heavy atom. The van der Waals surface area contributed by atoms with E-state index in [0.29, 0.717) is 11.5 Å². The van der Waals surface area contributed by atoms with Crippen molar-refractivity contribution in [3.8, 4) is 22.3 Å². The number of pyridine rings is 1. The molecule has 1 atom stereocenters. The van der Waals surface area contributed by atoms with Crippen molar-refractivity contribution in [2.75, 3.05) is 0 Å². The van der Waals surface area contributed by atoms with Gasteiger partial charge >= 0.3 is 5.97 Å². The van der Waals surface area contributed by atoms with Crippen molar-refractivity contribution in [3.05, 3.63) is 59.7 Å². The van der Waals surface area contributed by atoms with Crippen LogP contribution >= 0.6 is 0 Å². The molecule has 0 amide bonds. The maximum Gasteiger partial charge on any atom is 0.338 e. The van der Waals surface area contributed by atoms with Gasteiger partial charge in [0.1, 0.15) is 5.76 Å². The molecule has 3 heterocycles. The molecule has 1 aliphatic carbocycles. The van der Waals surface area contributed by atoms with Gasteiger partial charge < -0.3 is 13.8 Å². The van der Waals surface area contributed by atoms with Crippen LogP contribution < -0.4 is 0 Å². The van der Waals surface area contributed by atoms with Crippen molar-refractivity contribution in [2.24, 2.45) is 5.92 Å². The molecule has 1 saturated carbocycles. The van der Waals surface area contributed by atoms with Gasteiger partial charge in [-0.25, -0.2) is 4.79 Å². The highest BCUT2D eigenvalue weighted by atomic mass is 16.5. The molecule has 1 aromatic carbocycles. The number of hydrogen-bond acceptors (Lipinski definition) is 5. The number of fused-ring (bicyclic) bond motifs is 1. The lowest BCUT2D eigenvalue weighted by Gasteiger charge is -2.22. The van der Waals surface area contributed by atoms with E-state index in [1.54, 1.807) is 0 Å². The van der Waals surface area contributed by atoms with Gasteiger partial charge in [0.2, 0.25) is 0 Å². The zero-order chi connectivity index (χ0) is 25.2. The Labute approximate surface area is 212 Å². The molecular formula is C30H35N3O3. The molecule has 0 saturated heterocycles. The lowest BCUT2D eigenvalue weighted by molar-refractivity contribution is 0.0334. The molecule has 6 nitrogen and oxygen atoms in total. The lowest BCUT2D eigenvalue weighted by atomic mass is 9.89. The summed E-state index contributed by atoms with van der Waals surface area (Å²) in [4.78, 5) is 17.4. The van der Waals surface area contributed by atoms with Gasteiger partial charge in [-0.3, -0.25) is 4.98 Å². The van der Waals surface area contributed by atoms with Crippen LogP contribution in [0.5, 0.6) is 0 Å². The van der Waals surface area contributed by atoms with E-state index in [1.807, 2.05) is 58.2 Å². The average molecular weight is 486 g/mol. The van der Waals surface area contributed by atoms with Gasteiger partial charge in [0.15, 0.2) is 0 Å². The molecule has 1 fully saturated rings. The Kier molecular flexibility index (Phi) is 6.95. The first-order valence-corrected chi connectivity index (χ1v) is 13.2. The van der Waals surface area contributed by atoms with E-state index < -0.39 is 0 Å². The molecule has 36 heavy (non-hydrogen) atoms. The number of nitrogens with zero attached hydrogens (tertiary/aromatic N) is 3. The summed E-state index contributed by atoms with van der Waals surface area (Å²) in [6.45, 7) is 8.82. The third kappa shape index (κ3) is 4.81. The summed E-state index contributed by atoms with van der Waals surface area (Å²) in [5.74, 6) is 1.21. The fourth-order valence-corrected chi connectivity index (χ4v) is 5.33. The first kappa shape index (κ1) is 24.3. The topological polar surface area (TPSA) is 70.2 Å². The Bertz CT molecular complexity index is 1340. The van der Waals surface area contributed by atoms with E-state index in [0.717, 1.165) is 57.7 Å². The summed E-state index contributed by atoms with van der Waals surface area (Å²) in [6.07, 6.45) is 11.4. The Morgan fingerprint density at radius 3 is 2.56 bits per heavy atom. The van der Waals surface area contributed by atoms with Gasteiger partial charge in [-0.1, -0.05) is 43.5 Å². The number of ether oxygens (including phenoxy) is 1. The van der Waals surface area contributed by atoms with Crippen LogP contribution in [0.15, 0.2) is 47.2 Å². The highest BCUT2D eigenvalue weighted by molar-refractivity contribution is 5.96. The predicted molar refractivity (Wildman–Crippen MR) is 142 cm³/mol. The van der Waals surface area contributed by atoms with Crippen molar-refractivity contribution < 1.29 is 14.1 Å². The maximum atomic E-state index is 12.5. The number of carbonyl (C=O) groups is 1. The van der Waals surface area contributed by atoms with Gasteiger partial charge in [0.05, 0.1) is 28.4 Å². The molecule has 1 unspecified atom stereocenters. The molecule has 5 rings (SSSR count). The Balaban J connectivity index is 1.54. The van der Waals surface area contributed by atoms with Crippen molar-refractivity contribution in [1.29, 1.82) is 0 Å². The van der Waals surface area contributed by atoms with Crippen molar-refractivity contribution in [1.82, 2.24) is 14.7 Å². The molecule has 0 aliphatic heterocycles. The number of aryl methyl sites for hydroxylation is 2. The largest absolute Gasteiger partial charge is 0.459 e. The van der Waals surface area contributed by atoms with E-state index in [-0.39, 0.29) is 12.1 Å². The quantitative estimate of drug-likeness (QED) is 0.253. The van der Waals surface area contributed by atoms with Crippen LogP contribution in [0.1, 0.15) is 74.2 Å². The van der Waals surface area contributed by atoms with E-state index in [4.69, 9.17) is 14.2 Å². The van der Waals surface area contributed by atoms with E-state index >= 15 is 0 Å². The fraction of sp³-hybridized carbons (Fsp3) is 0.433. The summed E-state index contributed by atoms with van der Waals surface area (Å²) in [5, 5.41) is 4.14. The summed E-state index contributed by atoms with van der Waals surface area (Å²) in [6, 6.07) is 9.91. The second-order valence-electron chi connectivity index (χ2n) is 10.2. The fourth-order valence-electron chi connectivity index (χ4n) is 5.33. The standard InChI is InChI=1S/C30H35N3O3/c1-5-19(2)35-30(34)24-13-11-23(12-14-24)26-18-33(17-22-9-7-6-8-10-22)27-15-25(16-31-29(26)27)28-20(3)32-36-21(28)4/h11-16,18-19,22H,5-10,17H2,1-4H3. The van der Waals surface area contributed by atoms with Gasteiger partial charge in [-0.05, 0) is 69.7 Å². The summed E-state index contributed by atoms with van der Waals surface area (Å²) in [5.41, 5.74) is 7.69. The molecule has 0 bridgehead atoms. The maximum absolute atomic E-state index is 12.5. The summed E-state index contributed by atoms with van der Waals surface area (Å²) >= 11 is 0. The van der Waals surface area contributed by atoms with Gasteiger partial charge in [0.25, 0.3) is 0 Å². The highest BCUT2D eigenvalue weighted by Gasteiger charge is 2.20. The normalized spacial score (nSPS) is 15.3. The molecule has 0 N–H and O–H groups in total. The van der Waals surface area contributed by atoms with Gasteiger partial charge in [-0.15, -0.1) is 0 Å². The molecule has 3 aromatic heterocycles. The van der Waals surface area contributed by atoms with Crippen molar-refractivity contribution in [2.45, 2.75) is 78.9 Å². The number of aromatic nitrogens is 3. The molecular weight excluding hydrogens is 450 g/mol.